The maximum atomic E-state index is 12.1. The molecule has 0 bridgehead atoms. The highest BCUT2D eigenvalue weighted by atomic mass is 16.2. The van der Waals surface area contributed by atoms with Gasteiger partial charge in [0.1, 0.15) is 0 Å². The highest BCUT2D eigenvalue weighted by Crippen LogP contribution is 2.22. The quantitative estimate of drug-likeness (QED) is 0.882. The lowest BCUT2D eigenvalue weighted by molar-refractivity contribution is -0.130. The van der Waals surface area contributed by atoms with Crippen molar-refractivity contribution in [3.63, 3.8) is 0 Å². The number of hydrogen-bond acceptors (Lipinski definition) is 1. The van der Waals surface area contributed by atoms with Gasteiger partial charge in [0.2, 0.25) is 5.91 Å². The number of benzene rings is 1. The molecule has 0 atom stereocenters. The van der Waals surface area contributed by atoms with Gasteiger partial charge in [0.15, 0.2) is 0 Å². The highest BCUT2D eigenvalue weighted by molar-refractivity contribution is 5.91. The van der Waals surface area contributed by atoms with Crippen LogP contribution in [-0.4, -0.2) is 28.9 Å². The van der Waals surface area contributed by atoms with Gasteiger partial charge in [-0.15, -0.1) is 0 Å². The fourth-order valence-corrected chi connectivity index (χ4v) is 2.44. The molecule has 1 aromatic heterocycles. The van der Waals surface area contributed by atoms with Gasteiger partial charge in [-0.3, -0.25) is 4.79 Å². The van der Waals surface area contributed by atoms with Gasteiger partial charge in [0.25, 0.3) is 0 Å². The first-order chi connectivity index (χ1) is 8.67. The molecule has 0 aliphatic heterocycles. The monoisotopic (exact) mass is 244 g/mol. The Balaban J connectivity index is 2.30. The summed E-state index contributed by atoms with van der Waals surface area (Å²) in [5.74, 6) is 0.198. The van der Waals surface area contributed by atoms with E-state index in [1.54, 1.807) is 0 Å². The van der Waals surface area contributed by atoms with Crippen LogP contribution in [-0.2, 0) is 11.2 Å². The summed E-state index contributed by atoms with van der Waals surface area (Å²) in [5.41, 5.74) is 3.42. The molecule has 2 aromatic rings. The fraction of sp³-hybridized carbons (Fsp3) is 0.400. The van der Waals surface area contributed by atoms with E-state index in [9.17, 15) is 4.79 Å². The number of aromatic amines is 1. The molecule has 3 nitrogen and oxygen atoms in total. The molecule has 0 aliphatic carbocycles. The number of fused-ring (bicyclic) bond motifs is 1. The molecule has 1 aromatic carbocycles. The summed E-state index contributed by atoms with van der Waals surface area (Å²) in [7, 11) is 0. The van der Waals surface area contributed by atoms with E-state index >= 15 is 0 Å². The average Bonchev–Trinajstić information content (AvgIpc) is 2.75. The van der Waals surface area contributed by atoms with Crippen LogP contribution in [0.1, 0.15) is 25.0 Å². The number of H-pyrrole nitrogens is 1. The number of carbonyl (C=O) groups excluding carboxylic acids is 1. The van der Waals surface area contributed by atoms with Crippen molar-refractivity contribution in [1.82, 2.24) is 9.88 Å². The number of nitrogens with one attached hydrogen (secondary N) is 1. The number of rotatable bonds is 4. The van der Waals surface area contributed by atoms with Crippen molar-refractivity contribution in [2.75, 3.05) is 13.1 Å². The van der Waals surface area contributed by atoms with E-state index in [-0.39, 0.29) is 5.91 Å². The number of aromatic nitrogens is 1. The largest absolute Gasteiger partial charge is 0.361 e. The fourth-order valence-electron chi connectivity index (χ4n) is 2.44. The third-order valence-electron chi connectivity index (χ3n) is 3.45. The van der Waals surface area contributed by atoms with Crippen molar-refractivity contribution >= 4 is 16.8 Å². The Labute approximate surface area is 108 Å². The lowest BCUT2D eigenvalue weighted by Crippen LogP contribution is -2.31. The Hall–Kier alpha value is -1.77. The van der Waals surface area contributed by atoms with Crippen LogP contribution in [0, 0.1) is 6.92 Å². The van der Waals surface area contributed by atoms with Gasteiger partial charge < -0.3 is 9.88 Å². The summed E-state index contributed by atoms with van der Waals surface area (Å²) in [6.07, 6.45) is 2.44. The zero-order chi connectivity index (χ0) is 13.1. The van der Waals surface area contributed by atoms with Crippen molar-refractivity contribution in [3.8, 4) is 0 Å². The number of likely N-dealkylation sites (N-methyl/N-ethyl adjacent to an activating group) is 1. The van der Waals surface area contributed by atoms with Crippen molar-refractivity contribution in [2.24, 2.45) is 0 Å². The van der Waals surface area contributed by atoms with Gasteiger partial charge in [-0.05, 0) is 38.0 Å². The first kappa shape index (κ1) is 12.7. The van der Waals surface area contributed by atoms with E-state index in [1.165, 1.54) is 10.9 Å². The topological polar surface area (TPSA) is 36.1 Å². The Bertz CT molecular complexity index is 553. The van der Waals surface area contributed by atoms with Crippen LogP contribution in [0.25, 0.3) is 10.9 Å². The Morgan fingerprint density at radius 2 is 2.00 bits per heavy atom. The molecule has 1 N–H and O–H groups in total. The van der Waals surface area contributed by atoms with Crippen molar-refractivity contribution < 1.29 is 4.79 Å². The first-order valence-electron chi connectivity index (χ1n) is 6.50. The molecule has 2 rings (SSSR count). The van der Waals surface area contributed by atoms with Crippen molar-refractivity contribution in [3.05, 3.63) is 35.5 Å². The molecule has 3 heteroatoms. The van der Waals surface area contributed by atoms with Crippen LogP contribution >= 0.6 is 0 Å². The smallest absolute Gasteiger partial charge is 0.227 e. The van der Waals surface area contributed by atoms with E-state index in [0.29, 0.717) is 6.42 Å². The molecule has 0 spiro atoms. The minimum absolute atomic E-state index is 0.198. The number of amides is 1. The normalized spacial score (nSPS) is 10.8. The lowest BCUT2D eigenvalue weighted by atomic mass is 10.0. The van der Waals surface area contributed by atoms with Gasteiger partial charge in [-0.25, -0.2) is 0 Å². The number of carbonyl (C=O) groups is 1. The Morgan fingerprint density at radius 1 is 1.28 bits per heavy atom. The second-order valence-electron chi connectivity index (χ2n) is 4.55. The molecule has 0 aliphatic rings. The van der Waals surface area contributed by atoms with Gasteiger partial charge in [0, 0.05) is 30.2 Å². The Morgan fingerprint density at radius 3 is 2.67 bits per heavy atom. The molecular weight excluding hydrogens is 224 g/mol. The molecule has 0 saturated heterocycles. The molecule has 1 heterocycles. The molecule has 0 radical (unpaired) electrons. The zero-order valence-corrected chi connectivity index (χ0v) is 11.3. The minimum Gasteiger partial charge on any atom is -0.361 e. The van der Waals surface area contributed by atoms with E-state index in [2.05, 4.69) is 18.0 Å². The van der Waals surface area contributed by atoms with Crippen LogP contribution in [0.4, 0.5) is 0 Å². The third kappa shape index (κ3) is 2.26. The van der Waals surface area contributed by atoms with Crippen LogP contribution in [0.5, 0.6) is 0 Å². The molecule has 18 heavy (non-hydrogen) atoms. The SMILES string of the molecule is CCN(CC)C(=O)Cc1c[nH]c2cccc(C)c12. The molecule has 0 fully saturated rings. The maximum Gasteiger partial charge on any atom is 0.227 e. The molecule has 1 amide bonds. The number of nitrogens with zero attached hydrogens (tertiary/aromatic N) is 1. The predicted molar refractivity (Wildman–Crippen MR) is 74.7 cm³/mol. The minimum atomic E-state index is 0.198. The van der Waals surface area contributed by atoms with Gasteiger partial charge in [-0.2, -0.15) is 0 Å². The summed E-state index contributed by atoms with van der Waals surface area (Å²) in [6.45, 7) is 7.67. The average molecular weight is 244 g/mol. The van der Waals surface area contributed by atoms with E-state index in [0.717, 1.165) is 24.2 Å². The van der Waals surface area contributed by atoms with Crippen LogP contribution in [0.2, 0.25) is 0 Å². The lowest BCUT2D eigenvalue weighted by Gasteiger charge is -2.18. The van der Waals surface area contributed by atoms with Crippen LogP contribution < -0.4 is 0 Å². The molecule has 0 saturated carbocycles. The second-order valence-corrected chi connectivity index (χ2v) is 4.55. The second kappa shape index (κ2) is 5.25. The summed E-state index contributed by atoms with van der Waals surface area (Å²) in [6, 6.07) is 6.17. The standard InChI is InChI=1S/C15H20N2O/c1-4-17(5-2)14(18)9-12-10-16-13-8-6-7-11(3)15(12)13/h6-8,10,16H,4-5,9H2,1-3H3. The van der Waals surface area contributed by atoms with Gasteiger partial charge >= 0.3 is 0 Å². The number of aryl methyl sites for hydroxylation is 1. The highest BCUT2D eigenvalue weighted by Gasteiger charge is 2.14. The third-order valence-corrected chi connectivity index (χ3v) is 3.45. The number of hydrogen-bond donors (Lipinski definition) is 1. The summed E-state index contributed by atoms with van der Waals surface area (Å²) >= 11 is 0. The van der Waals surface area contributed by atoms with Gasteiger partial charge in [0.05, 0.1) is 6.42 Å². The first-order valence-corrected chi connectivity index (χ1v) is 6.50. The van der Waals surface area contributed by atoms with Gasteiger partial charge in [-0.1, -0.05) is 12.1 Å². The molecule has 96 valence electrons. The molecule has 0 unspecified atom stereocenters. The van der Waals surface area contributed by atoms with E-state index < -0.39 is 0 Å². The summed E-state index contributed by atoms with van der Waals surface area (Å²) in [4.78, 5) is 17.3. The van der Waals surface area contributed by atoms with E-state index in [1.807, 2.05) is 37.1 Å². The van der Waals surface area contributed by atoms with Crippen molar-refractivity contribution in [1.29, 1.82) is 0 Å². The van der Waals surface area contributed by atoms with Crippen molar-refractivity contribution in [2.45, 2.75) is 27.2 Å². The maximum absolute atomic E-state index is 12.1. The summed E-state index contributed by atoms with van der Waals surface area (Å²) < 4.78 is 0. The van der Waals surface area contributed by atoms with Crippen LogP contribution in [0.3, 0.4) is 0 Å². The van der Waals surface area contributed by atoms with E-state index in [4.69, 9.17) is 0 Å². The molecular formula is C15H20N2O. The van der Waals surface area contributed by atoms with Crippen LogP contribution in [0.15, 0.2) is 24.4 Å². The Kier molecular flexibility index (Phi) is 3.70. The zero-order valence-electron chi connectivity index (χ0n) is 11.3. The summed E-state index contributed by atoms with van der Waals surface area (Å²) in [5, 5.41) is 1.19. The predicted octanol–water partition coefficient (Wildman–Crippen LogP) is 2.89.